The number of pyridine rings is 1. The van der Waals surface area contributed by atoms with Gasteiger partial charge in [-0.05, 0) is 63.2 Å². The van der Waals surface area contributed by atoms with E-state index in [1.807, 2.05) is 6.20 Å². The van der Waals surface area contributed by atoms with Gasteiger partial charge in [0.15, 0.2) is 0 Å². The normalized spacial score (nSPS) is 18.2. The molecule has 2 rings (SSSR count). The number of halogens is 2. The molecule has 1 saturated carbocycles. The molecule has 1 atom stereocenters. The van der Waals surface area contributed by atoms with Gasteiger partial charge in [-0.1, -0.05) is 13.3 Å². The minimum atomic E-state index is 0.404. The zero-order valence-electron chi connectivity index (χ0n) is 9.34. The molecule has 1 aromatic rings. The van der Waals surface area contributed by atoms with Crippen LogP contribution in [0.15, 0.2) is 21.2 Å². The second-order valence-electron chi connectivity index (χ2n) is 4.25. The summed E-state index contributed by atoms with van der Waals surface area (Å²) in [6.45, 7) is 3.14. The lowest BCUT2D eigenvalue weighted by Gasteiger charge is -2.34. The molecule has 16 heavy (non-hydrogen) atoms. The van der Waals surface area contributed by atoms with Crippen LogP contribution < -0.4 is 5.32 Å². The van der Waals surface area contributed by atoms with Crippen molar-refractivity contribution in [2.75, 3.05) is 6.54 Å². The number of hydrogen-bond donors (Lipinski definition) is 1. The van der Waals surface area contributed by atoms with E-state index in [0.717, 1.165) is 27.1 Å². The van der Waals surface area contributed by atoms with Crippen molar-refractivity contribution in [1.82, 2.24) is 10.3 Å². The van der Waals surface area contributed by atoms with Gasteiger partial charge in [0, 0.05) is 15.1 Å². The molecule has 88 valence electrons. The monoisotopic (exact) mass is 346 g/mol. The van der Waals surface area contributed by atoms with E-state index in [9.17, 15) is 0 Å². The highest BCUT2D eigenvalue weighted by molar-refractivity contribution is 9.11. The Hall–Kier alpha value is 0.0700. The van der Waals surface area contributed by atoms with Crippen molar-refractivity contribution in [2.45, 2.75) is 32.2 Å². The lowest BCUT2D eigenvalue weighted by atomic mass is 9.78. The fourth-order valence-electron chi connectivity index (χ4n) is 2.13. The van der Waals surface area contributed by atoms with Crippen LogP contribution in [-0.2, 0) is 0 Å². The minimum absolute atomic E-state index is 0.404. The van der Waals surface area contributed by atoms with Crippen LogP contribution in [0.1, 0.15) is 37.9 Å². The van der Waals surface area contributed by atoms with E-state index in [0.29, 0.717) is 6.04 Å². The topological polar surface area (TPSA) is 24.9 Å². The number of rotatable bonds is 4. The fourth-order valence-corrected chi connectivity index (χ4v) is 3.37. The number of nitrogens with zero attached hydrogens (tertiary/aromatic N) is 1. The molecule has 0 aliphatic heterocycles. The molecule has 1 unspecified atom stereocenters. The number of nitrogens with one attached hydrogen (secondary N) is 1. The van der Waals surface area contributed by atoms with Crippen molar-refractivity contribution in [3.63, 3.8) is 0 Å². The van der Waals surface area contributed by atoms with E-state index in [4.69, 9.17) is 0 Å². The third-order valence-electron chi connectivity index (χ3n) is 3.18. The summed E-state index contributed by atoms with van der Waals surface area (Å²) in [7, 11) is 0. The van der Waals surface area contributed by atoms with Gasteiger partial charge in [-0.3, -0.25) is 4.98 Å². The molecule has 0 saturated heterocycles. The second-order valence-corrected chi connectivity index (χ2v) is 6.02. The van der Waals surface area contributed by atoms with Crippen molar-refractivity contribution in [2.24, 2.45) is 5.92 Å². The Labute approximate surface area is 113 Å². The molecule has 0 aromatic carbocycles. The van der Waals surface area contributed by atoms with Crippen LogP contribution in [0.3, 0.4) is 0 Å². The lowest BCUT2D eigenvalue weighted by Crippen LogP contribution is -2.33. The maximum atomic E-state index is 4.54. The molecular weight excluding hydrogens is 332 g/mol. The first-order valence-corrected chi connectivity index (χ1v) is 7.35. The standard InChI is InChI=1S/C12H16Br2N2/c1-2-15-11(8-4-3-5-8)12-10(14)6-9(13)7-16-12/h6-8,11,15H,2-5H2,1H3. The first kappa shape index (κ1) is 12.5. The smallest absolute Gasteiger partial charge is 0.0718 e. The van der Waals surface area contributed by atoms with Gasteiger partial charge in [-0.15, -0.1) is 0 Å². The Morgan fingerprint density at radius 2 is 2.25 bits per heavy atom. The van der Waals surface area contributed by atoms with Crippen molar-refractivity contribution in [3.05, 3.63) is 26.9 Å². The fraction of sp³-hybridized carbons (Fsp3) is 0.583. The van der Waals surface area contributed by atoms with Gasteiger partial charge in [0.05, 0.1) is 11.7 Å². The predicted molar refractivity (Wildman–Crippen MR) is 73.4 cm³/mol. The summed E-state index contributed by atoms with van der Waals surface area (Å²) >= 11 is 7.05. The SMILES string of the molecule is CCNC(c1ncc(Br)cc1Br)C1CCC1. The first-order chi connectivity index (χ1) is 7.72. The van der Waals surface area contributed by atoms with Crippen LogP contribution in [-0.4, -0.2) is 11.5 Å². The van der Waals surface area contributed by atoms with Crippen LogP contribution in [0.5, 0.6) is 0 Å². The highest BCUT2D eigenvalue weighted by Gasteiger charge is 2.29. The first-order valence-electron chi connectivity index (χ1n) is 5.76. The predicted octanol–water partition coefficient (Wildman–Crippen LogP) is 4.06. The summed E-state index contributed by atoms with van der Waals surface area (Å²) in [6.07, 6.45) is 5.88. The maximum Gasteiger partial charge on any atom is 0.0718 e. The van der Waals surface area contributed by atoms with Crippen molar-refractivity contribution >= 4 is 31.9 Å². The Kier molecular flexibility index (Phi) is 4.39. The molecule has 1 heterocycles. The summed E-state index contributed by atoms with van der Waals surface area (Å²) in [4.78, 5) is 4.54. The summed E-state index contributed by atoms with van der Waals surface area (Å²) < 4.78 is 2.12. The van der Waals surface area contributed by atoms with E-state index in [1.54, 1.807) is 0 Å². The minimum Gasteiger partial charge on any atom is -0.309 e. The Bertz CT molecular complexity index is 364. The summed E-state index contributed by atoms with van der Waals surface area (Å²) in [5.74, 6) is 0.755. The quantitative estimate of drug-likeness (QED) is 0.888. The van der Waals surface area contributed by atoms with Crippen molar-refractivity contribution in [1.29, 1.82) is 0 Å². The zero-order valence-corrected chi connectivity index (χ0v) is 12.5. The summed E-state index contributed by atoms with van der Waals surface area (Å²) in [5.41, 5.74) is 1.15. The Morgan fingerprint density at radius 3 is 2.75 bits per heavy atom. The molecule has 0 amide bonds. The van der Waals surface area contributed by atoms with Crippen molar-refractivity contribution in [3.8, 4) is 0 Å². The molecule has 1 fully saturated rings. The van der Waals surface area contributed by atoms with Crippen molar-refractivity contribution < 1.29 is 0 Å². The van der Waals surface area contributed by atoms with Gasteiger partial charge < -0.3 is 5.32 Å². The van der Waals surface area contributed by atoms with Crippen LogP contribution in [0, 0.1) is 5.92 Å². The van der Waals surface area contributed by atoms with Crippen LogP contribution in [0.25, 0.3) is 0 Å². The molecular formula is C12H16Br2N2. The molecule has 0 radical (unpaired) electrons. The van der Waals surface area contributed by atoms with E-state index in [-0.39, 0.29) is 0 Å². The Morgan fingerprint density at radius 1 is 1.50 bits per heavy atom. The number of hydrogen-bond acceptors (Lipinski definition) is 2. The molecule has 1 aromatic heterocycles. The molecule has 1 aliphatic carbocycles. The molecule has 4 heteroatoms. The summed E-state index contributed by atoms with van der Waals surface area (Å²) in [6, 6.07) is 2.48. The van der Waals surface area contributed by atoms with E-state index < -0.39 is 0 Å². The largest absolute Gasteiger partial charge is 0.309 e. The lowest BCUT2D eigenvalue weighted by molar-refractivity contribution is 0.229. The maximum absolute atomic E-state index is 4.54. The van der Waals surface area contributed by atoms with E-state index >= 15 is 0 Å². The molecule has 0 bridgehead atoms. The third kappa shape index (κ3) is 2.66. The third-order valence-corrected chi connectivity index (χ3v) is 4.24. The summed E-state index contributed by atoms with van der Waals surface area (Å²) in [5, 5.41) is 3.55. The zero-order chi connectivity index (χ0) is 11.5. The van der Waals surface area contributed by atoms with E-state index in [2.05, 4.69) is 55.2 Å². The molecule has 1 N–H and O–H groups in total. The van der Waals surface area contributed by atoms with Crippen LogP contribution in [0.2, 0.25) is 0 Å². The van der Waals surface area contributed by atoms with Gasteiger partial charge >= 0.3 is 0 Å². The van der Waals surface area contributed by atoms with Crippen LogP contribution >= 0.6 is 31.9 Å². The van der Waals surface area contributed by atoms with Gasteiger partial charge in [0.2, 0.25) is 0 Å². The van der Waals surface area contributed by atoms with Gasteiger partial charge in [-0.25, -0.2) is 0 Å². The second kappa shape index (κ2) is 5.61. The van der Waals surface area contributed by atoms with Gasteiger partial charge in [0.1, 0.15) is 0 Å². The highest BCUT2D eigenvalue weighted by atomic mass is 79.9. The van der Waals surface area contributed by atoms with Gasteiger partial charge in [0.25, 0.3) is 0 Å². The average molecular weight is 348 g/mol. The molecule has 1 aliphatic rings. The molecule has 2 nitrogen and oxygen atoms in total. The van der Waals surface area contributed by atoms with E-state index in [1.165, 1.54) is 19.3 Å². The van der Waals surface area contributed by atoms with Crippen LogP contribution in [0.4, 0.5) is 0 Å². The number of aromatic nitrogens is 1. The molecule has 0 spiro atoms. The van der Waals surface area contributed by atoms with Gasteiger partial charge in [-0.2, -0.15) is 0 Å². The average Bonchev–Trinajstić information content (AvgIpc) is 2.14. The highest BCUT2D eigenvalue weighted by Crippen LogP contribution is 2.39. The Balaban J connectivity index is 2.23.